The highest BCUT2D eigenvalue weighted by Crippen LogP contribution is 2.18. The average molecular weight is 397 g/mol. The molecule has 0 fully saturated rings. The van der Waals surface area contributed by atoms with E-state index in [9.17, 15) is 4.79 Å². The number of anilines is 1. The maximum Gasteiger partial charge on any atom is 0.293 e. The van der Waals surface area contributed by atoms with E-state index in [-0.39, 0.29) is 17.3 Å². The van der Waals surface area contributed by atoms with Crippen LogP contribution in [0.2, 0.25) is 0 Å². The molecule has 0 saturated carbocycles. The fraction of sp³-hybridized carbons (Fsp3) is 0.0909. The lowest BCUT2D eigenvalue weighted by atomic mass is 10.3. The van der Waals surface area contributed by atoms with Crippen LogP contribution < -0.4 is 11.2 Å². The molecule has 0 aromatic carbocycles. The molecule has 3 rings (SSSR count). The number of nitrogens with one attached hydrogen (secondary N) is 1. The van der Waals surface area contributed by atoms with Crippen molar-refractivity contribution in [3.8, 4) is 5.82 Å². The molecule has 0 bridgehead atoms. The molecule has 0 radical (unpaired) electrons. The van der Waals surface area contributed by atoms with E-state index in [1.54, 1.807) is 6.92 Å². The third-order valence-electron chi connectivity index (χ3n) is 2.75. The van der Waals surface area contributed by atoms with Crippen molar-refractivity contribution in [3.05, 3.63) is 32.2 Å². The number of hydrogen-bond donors (Lipinski definition) is 2. The zero-order valence-corrected chi connectivity index (χ0v) is 14.0. The molecule has 3 heterocycles. The van der Waals surface area contributed by atoms with Crippen molar-refractivity contribution >= 4 is 45.2 Å². The van der Waals surface area contributed by atoms with Gasteiger partial charge in [-0.3, -0.25) is 4.79 Å². The summed E-state index contributed by atoms with van der Waals surface area (Å²) >= 11 is 4.82. The van der Waals surface area contributed by atoms with Gasteiger partial charge < -0.3 is 5.73 Å². The molecule has 1 amide bonds. The lowest BCUT2D eigenvalue weighted by molar-refractivity contribution is 0.0949. The Morgan fingerprint density at radius 3 is 3.04 bits per heavy atom. The van der Waals surface area contributed by atoms with Gasteiger partial charge in [0.2, 0.25) is 11.6 Å². The number of carbonyl (C=O) groups is 1. The molecule has 0 saturated heterocycles. The fourth-order valence-corrected chi connectivity index (χ4v) is 2.99. The molecule has 23 heavy (non-hydrogen) atoms. The quantitative estimate of drug-likeness (QED) is 0.497. The molecular weight excluding hydrogens is 388 g/mol. The summed E-state index contributed by atoms with van der Waals surface area (Å²) in [5.74, 6) is -0.289. The highest BCUT2D eigenvalue weighted by atomic mass is 79.9. The Morgan fingerprint density at radius 2 is 2.39 bits per heavy atom. The Balaban J connectivity index is 1.74. The summed E-state index contributed by atoms with van der Waals surface area (Å²) in [5.41, 5.74) is 8.50. The maximum absolute atomic E-state index is 12.1. The molecular formula is C11H9BrN8O2S. The topological polar surface area (TPSA) is 137 Å². The normalized spacial score (nSPS) is 11.2. The summed E-state index contributed by atoms with van der Waals surface area (Å²) in [7, 11) is 0. The van der Waals surface area contributed by atoms with Crippen molar-refractivity contribution < 1.29 is 9.42 Å². The number of rotatable bonds is 4. The summed E-state index contributed by atoms with van der Waals surface area (Å²) in [6.45, 7) is 1.64. The summed E-state index contributed by atoms with van der Waals surface area (Å²) in [6, 6.07) is 1.88. The second-order valence-electron chi connectivity index (χ2n) is 4.27. The summed E-state index contributed by atoms with van der Waals surface area (Å²) in [6.07, 6.45) is 1.53. The molecule has 3 aromatic heterocycles. The molecule has 0 aliphatic heterocycles. The molecule has 0 aliphatic rings. The van der Waals surface area contributed by atoms with Crippen LogP contribution in [-0.4, -0.2) is 37.4 Å². The van der Waals surface area contributed by atoms with Crippen LogP contribution >= 0.6 is 27.3 Å². The number of hydrazone groups is 1. The van der Waals surface area contributed by atoms with Crippen LogP contribution in [0.5, 0.6) is 0 Å². The van der Waals surface area contributed by atoms with E-state index in [2.05, 4.69) is 51.7 Å². The largest absolute Gasteiger partial charge is 0.378 e. The van der Waals surface area contributed by atoms with Gasteiger partial charge >= 0.3 is 0 Å². The Bertz CT molecular complexity index is 882. The second kappa shape index (κ2) is 6.26. The molecule has 0 spiro atoms. The van der Waals surface area contributed by atoms with E-state index < -0.39 is 5.91 Å². The van der Waals surface area contributed by atoms with Gasteiger partial charge in [-0.15, -0.1) is 16.4 Å². The van der Waals surface area contributed by atoms with E-state index in [1.807, 2.05) is 11.4 Å². The van der Waals surface area contributed by atoms with Crippen molar-refractivity contribution in [2.75, 3.05) is 5.73 Å². The lowest BCUT2D eigenvalue weighted by Gasteiger charge is -1.98. The van der Waals surface area contributed by atoms with Gasteiger partial charge in [-0.1, -0.05) is 5.21 Å². The van der Waals surface area contributed by atoms with Gasteiger partial charge in [-0.25, -0.2) is 10.1 Å². The number of nitrogen functional groups attached to an aromatic ring is 1. The predicted molar refractivity (Wildman–Crippen MR) is 85.4 cm³/mol. The van der Waals surface area contributed by atoms with Crippen molar-refractivity contribution in [2.24, 2.45) is 5.10 Å². The highest BCUT2D eigenvalue weighted by Gasteiger charge is 2.20. The number of nitrogens with two attached hydrogens (primary N) is 1. The van der Waals surface area contributed by atoms with Crippen LogP contribution in [0.25, 0.3) is 5.82 Å². The van der Waals surface area contributed by atoms with Crippen LogP contribution in [0, 0.1) is 6.92 Å². The van der Waals surface area contributed by atoms with Crippen LogP contribution in [0.15, 0.2) is 25.6 Å². The first-order valence-corrected chi connectivity index (χ1v) is 7.81. The van der Waals surface area contributed by atoms with Crippen LogP contribution in [0.3, 0.4) is 0 Å². The number of thiophene rings is 1. The first kappa shape index (κ1) is 15.3. The minimum Gasteiger partial charge on any atom is -0.378 e. The lowest BCUT2D eigenvalue weighted by Crippen LogP contribution is -2.19. The molecule has 0 unspecified atom stereocenters. The monoisotopic (exact) mass is 396 g/mol. The third-order valence-corrected chi connectivity index (χ3v) is 4.38. The minimum atomic E-state index is -0.504. The van der Waals surface area contributed by atoms with Crippen molar-refractivity contribution in [2.45, 2.75) is 6.92 Å². The SMILES string of the molecule is Cc1c(C(=O)NN=Cc2cc(Br)cs2)nnn1-c1nonc1N. The van der Waals surface area contributed by atoms with Gasteiger partial charge in [0.25, 0.3) is 5.91 Å². The van der Waals surface area contributed by atoms with E-state index in [0.717, 1.165) is 9.35 Å². The van der Waals surface area contributed by atoms with Crippen LogP contribution in [0.4, 0.5) is 5.82 Å². The van der Waals surface area contributed by atoms with Gasteiger partial charge in [-0.2, -0.15) is 9.78 Å². The van der Waals surface area contributed by atoms with Gasteiger partial charge in [0, 0.05) is 14.7 Å². The van der Waals surface area contributed by atoms with E-state index in [1.165, 1.54) is 22.2 Å². The van der Waals surface area contributed by atoms with E-state index in [4.69, 9.17) is 5.73 Å². The van der Waals surface area contributed by atoms with Gasteiger partial charge in [0.05, 0.1) is 11.9 Å². The minimum absolute atomic E-state index is 0.0475. The van der Waals surface area contributed by atoms with E-state index in [0.29, 0.717) is 5.69 Å². The Kier molecular flexibility index (Phi) is 4.16. The Morgan fingerprint density at radius 1 is 1.57 bits per heavy atom. The zero-order chi connectivity index (χ0) is 16.4. The Hall–Kier alpha value is -2.60. The molecule has 0 atom stereocenters. The smallest absolute Gasteiger partial charge is 0.293 e. The molecule has 12 heteroatoms. The molecule has 3 N–H and O–H groups in total. The highest BCUT2D eigenvalue weighted by molar-refractivity contribution is 9.10. The molecule has 10 nitrogen and oxygen atoms in total. The van der Waals surface area contributed by atoms with Gasteiger partial charge in [0.15, 0.2) is 5.69 Å². The predicted octanol–water partition coefficient (Wildman–Crippen LogP) is 1.13. The first-order chi connectivity index (χ1) is 11.1. The molecule has 118 valence electrons. The maximum atomic E-state index is 12.1. The standard InChI is InChI=1S/C11H9BrN8O2S/c1-5-8(15-19-20(5)10-9(13)17-22-18-10)11(21)16-14-3-7-2-6(12)4-23-7/h2-4H,1H3,(H2,13,17)(H,16,21). The van der Waals surface area contributed by atoms with Crippen molar-refractivity contribution in [1.82, 2.24) is 30.7 Å². The summed E-state index contributed by atoms with van der Waals surface area (Å²) < 4.78 is 6.72. The zero-order valence-electron chi connectivity index (χ0n) is 11.6. The fourth-order valence-electron chi connectivity index (χ4n) is 1.68. The number of hydrogen-bond acceptors (Lipinski definition) is 9. The van der Waals surface area contributed by atoms with Crippen LogP contribution in [-0.2, 0) is 0 Å². The van der Waals surface area contributed by atoms with Crippen molar-refractivity contribution in [3.63, 3.8) is 0 Å². The number of nitrogens with zero attached hydrogens (tertiary/aromatic N) is 6. The van der Waals surface area contributed by atoms with Gasteiger partial charge in [0.1, 0.15) is 0 Å². The first-order valence-electron chi connectivity index (χ1n) is 6.14. The Labute approximate surface area is 141 Å². The number of carbonyl (C=O) groups excluding carboxylic acids is 1. The molecule has 0 aliphatic carbocycles. The van der Waals surface area contributed by atoms with Crippen molar-refractivity contribution in [1.29, 1.82) is 0 Å². The second-order valence-corrected chi connectivity index (χ2v) is 6.13. The molecule has 3 aromatic rings. The summed E-state index contributed by atoms with van der Waals surface area (Å²) in [4.78, 5) is 13.0. The average Bonchev–Trinajstić information content (AvgIpc) is 3.20. The van der Waals surface area contributed by atoms with E-state index >= 15 is 0 Å². The van der Waals surface area contributed by atoms with Gasteiger partial charge in [-0.05, 0) is 39.2 Å². The van der Waals surface area contributed by atoms with Crippen LogP contribution in [0.1, 0.15) is 21.1 Å². The third kappa shape index (κ3) is 3.12. The number of halogens is 1. The number of aromatic nitrogens is 5. The summed E-state index contributed by atoms with van der Waals surface area (Å²) in [5, 5.41) is 20.5. The number of amides is 1.